The van der Waals surface area contributed by atoms with Crippen LogP contribution in [0.5, 0.6) is 0 Å². The highest BCUT2D eigenvalue weighted by atomic mass is 16.2. The average molecular weight is 278 g/mol. The molecule has 1 amide bonds. The molecule has 2 saturated carbocycles. The van der Waals surface area contributed by atoms with E-state index in [1.54, 1.807) is 0 Å². The highest BCUT2D eigenvalue weighted by Crippen LogP contribution is 2.38. The molecule has 3 heteroatoms. The number of hydrogen-bond donors (Lipinski definition) is 1. The minimum Gasteiger partial charge on any atom is -0.323 e. The van der Waals surface area contributed by atoms with E-state index < -0.39 is 0 Å². The predicted octanol–water partition coefficient (Wildman–Crippen LogP) is 3.15. The zero-order chi connectivity index (χ0) is 14.3. The summed E-state index contributed by atoms with van der Waals surface area (Å²) in [5.74, 6) is 2.33. The lowest BCUT2D eigenvalue weighted by atomic mass is 10.0. The molecule has 0 aromatic rings. The number of rotatable bonds is 5. The first-order valence-electron chi connectivity index (χ1n) is 8.66. The van der Waals surface area contributed by atoms with Gasteiger partial charge in [0.05, 0.1) is 12.2 Å². The largest absolute Gasteiger partial charge is 0.323 e. The molecule has 1 N–H and O–H groups in total. The summed E-state index contributed by atoms with van der Waals surface area (Å²) < 4.78 is 0. The molecule has 0 radical (unpaired) electrons. The summed E-state index contributed by atoms with van der Waals surface area (Å²) in [7, 11) is 0. The monoisotopic (exact) mass is 278 g/mol. The number of nitrogens with zero attached hydrogens (tertiary/aromatic N) is 1. The van der Waals surface area contributed by atoms with Gasteiger partial charge in [-0.25, -0.2) is 0 Å². The van der Waals surface area contributed by atoms with Gasteiger partial charge in [-0.1, -0.05) is 39.5 Å². The van der Waals surface area contributed by atoms with Gasteiger partial charge < -0.3 is 4.90 Å². The molecule has 3 unspecified atom stereocenters. The second kappa shape index (κ2) is 5.67. The molecule has 3 fully saturated rings. The van der Waals surface area contributed by atoms with Crippen LogP contribution in [-0.2, 0) is 4.79 Å². The lowest BCUT2D eigenvalue weighted by Crippen LogP contribution is -2.47. The normalized spacial score (nSPS) is 33.4. The molecule has 0 aromatic heterocycles. The number of hydrogen-bond acceptors (Lipinski definition) is 2. The van der Waals surface area contributed by atoms with Crippen molar-refractivity contribution in [1.29, 1.82) is 0 Å². The number of carbonyl (C=O) groups excluding carboxylic acids is 1. The van der Waals surface area contributed by atoms with Gasteiger partial charge in [0.15, 0.2) is 0 Å². The van der Waals surface area contributed by atoms with E-state index in [1.165, 1.54) is 44.9 Å². The molecular formula is C17H30N2O. The van der Waals surface area contributed by atoms with Crippen LogP contribution in [0.3, 0.4) is 0 Å². The molecule has 3 atom stereocenters. The van der Waals surface area contributed by atoms with Crippen molar-refractivity contribution in [2.45, 2.75) is 84.0 Å². The molecule has 1 saturated heterocycles. The second-order valence-corrected chi connectivity index (χ2v) is 7.65. The number of nitrogens with one attached hydrogen (secondary N) is 1. The van der Waals surface area contributed by atoms with Crippen LogP contribution in [0, 0.1) is 17.8 Å². The summed E-state index contributed by atoms with van der Waals surface area (Å²) in [6.45, 7) is 6.59. The van der Waals surface area contributed by atoms with Crippen molar-refractivity contribution in [1.82, 2.24) is 10.2 Å². The van der Waals surface area contributed by atoms with Gasteiger partial charge in [0.2, 0.25) is 5.91 Å². The SMILES string of the molecule is CC(C)C1NC(C2CCCC2)N(C(C)CC2CC2)C1=O. The quantitative estimate of drug-likeness (QED) is 0.838. The van der Waals surface area contributed by atoms with Gasteiger partial charge in [-0.3, -0.25) is 10.1 Å². The molecule has 1 heterocycles. The summed E-state index contributed by atoms with van der Waals surface area (Å²) in [4.78, 5) is 15.1. The van der Waals surface area contributed by atoms with Crippen LogP contribution in [0.25, 0.3) is 0 Å². The van der Waals surface area contributed by atoms with E-state index in [9.17, 15) is 4.79 Å². The fourth-order valence-electron chi connectivity index (χ4n) is 4.19. The molecule has 0 aromatic carbocycles. The zero-order valence-corrected chi connectivity index (χ0v) is 13.3. The van der Waals surface area contributed by atoms with E-state index in [2.05, 4.69) is 31.0 Å². The van der Waals surface area contributed by atoms with Crippen LogP contribution in [0.2, 0.25) is 0 Å². The van der Waals surface area contributed by atoms with E-state index >= 15 is 0 Å². The Bertz CT molecular complexity index is 358. The molecular weight excluding hydrogens is 248 g/mol. The minimum atomic E-state index is 0.0438. The van der Waals surface area contributed by atoms with Crippen molar-refractivity contribution >= 4 is 5.91 Å². The van der Waals surface area contributed by atoms with Crippen LogP contribution < -0.4 is 5.32 Å². The Kier molecular flexibility index (Phi) is 4.07. The molecule has 2 aliphatic carbocycles. The highest BCUT2D eigenvalue weighted by Gasteiger charge is 2.46. The maximum absolute atomic E-state index is 12.8. The van der Waals surface area contributed by atoms with Gasteiger partial charge in [0, 0.05) is 6.04 Å². The Morgan fingerprint density at radius 2 is 1.80 bits per heavy atom. The van der Waals surface area contributed by atoms with Crippen molar-refractivity contribution in [3.8, 4) is 0 Å². The molecule has 114 valence electrons. The third-order valence-corrected chi connectivity index (χ3v) is 5.53. The first kappa shape index (κ1) is 14.4. The van der Waals surface area contributed by atoms with E-state index in [0.717, 1.165) is 5.92 Å². The number of carbonyl (C=O) groups is 1. The Morgan fingerprint density at radius 1 is 1.15 bits per heavy atom. The summed E-state index contributed by atoms with van der Waals surface area (Å²) in [5, 5.41) is 3.68. The molecule has 1 aliphatic heterocycles. The topological polar surface area (TPSA) is 32.3 Å². The highest BCUT2D eigenvalue weighted by molar-refractivity contribution is 5.85. The van der Waals surface area contributed by atoms with E-state index in [0.29, 0.717) is 30.0 Å². The van der Waals surface area contributed by atoms with Gasteiger partial charge in [0.1, 0.15) is 0 Å². The molecule has 0 spiro atoms. The summed E-state index contributed by atoms with van der Waals surface area (Å²) in [6.07, 6.45) is 9.55. The molecule has 20 heavy (non-hydrogen) atoms. The summed E-state index contributed by atoms with van der Waals surface area (Å²) in [6, 6.07) is 0.458. The minimum absolute atomic E-state index is 0.0438. The van der Waals surface area contributed by atoms with Gasteiger partial charge in [0.25, 0.3) is 0 Å². The maximum Gasteiger partial charge on any atom is 0.241 e. The van der Waals surface area contributed by atoms with Crippen LogP contribution in [0.4, 0.5) is 0 Å². The van der Waals surface area contributed by atoms with E-state index in [-0.39, 0.29) is 6.04 Å². The maximum atomic E-state index is 12.8. The van der Waals surface area contributed by atoms with Gasteiger partial charge in [-0.15, -0.1) is 0 Å². The smallest absolute Gasteiger partial charge is 0.241 e. The van der Waals surface area contributed by atoms with Crippen LogP contribution in [0.1, 0.15) is 65.7 Å². The lowest BCUT2D eigenvalue weighted by molar-refractivity contribution is -0.133. The Labute approximate surface area is 123 Å². The third-order valence-electron chi connectivity index (χ3n) is 5.53. The standard InChI is InChI=1S/C17H30N2O/c1-11(2)15-17(20)19(12(3)10-13-8-9-13)16(18-15)14-6-4-5-7-14/h11-16,18H,4-10H2,1-3H3. The van der Waals surface area contributed by atoms with E-state index in [4.69, 9.17) is 0 Å². The first-order valence-corrected chi connectivity index (χ1v) is 8.66. The van der Waals surface area contributed by atoms with Gasteiger partial charge in [-0.05, 0) is 43.9 Å². The second-order valence-electron chi connectivity index (χ2n) is 7.65. The van der Waals surface area contributed by atoms with Crippen molar-refractivity contribution < 1.29 is 4.79 Å². The van der Waals surface area contributed by atoms with Crippen molar-refractivity contribution in [2.24, 2.45) is 17.8 Å². The van der Waals surface area contributed by atoms with Crippen molar-refractivity contribution in [2.75, 3.05) is 0 Å². The van der Waals surface area contributed by atoms with Gasteiger partial charge >= 0.3 is 0 Å². The van der Waals surface area contributed by atoms with Gasteiger partial charge in [-0.2, -0.15) is 0 Å². The molecule has 3 nitrogen and oxygen atoms in total. The summed E-state index contributed by atoms with van der Waals surface area (Å²) in [5.41, 5.74) is 0. The molecule has 0 bridgehead atoms. The Hall–Kier alpha value is -0.570. The van der Waals surface area contributed by atoms with Crippen molar-refractivity contribution in [3.63, 3.8) is 0 Å². The van der Waals surface area contributed by atoms with Crippen LogP contribution in [0.15, 0.2) is 0 Å². The first-order chi connectivity index (χ1) is 9.58. The third kappa shape index (κ3) is 2.74. The molecule has 3 aliphatic rings. The zero-order valence-electron chi connectivity index (χ0n) is 13.3. The summed E-state index contributed by atoms with van der Waals surface area (Å²) >= 11 is 0. The number of amides is 1. The van der Waals surface area contributed by atoms with E-state index in [1.807, 2.05) is 0 Å². The average Bonchev–Trinajstić information content (AvgIpc) is 2.92. The fourth-order valence-corrected chi connectivity index (χ4v) is 4.19. The van der Waals surface area contributed by atoms with Crippen molar-refractivity contribution in [3.05, 3.63) is 0 Å². The fraction of sp³-hybridized carbons (Fsp3) is 0.941. The van der Waals surface area contributed by atoms with Crippen LogP contribution >= 0.6 is 0 Å². The Balaban J connectivity index is 1.75. The Morgan fingerprint density at radius 3 is 2.35 bits per heavy atom. The predicted molar refractivity (Wildman–Crippen MR) is 81.2 cm³/mol. The van der Waals surface area contributed by atoms with Crippen LogP contribution in [-0.4, -0.2) is 29.1 Å². The molecule has 3 rings (SSSR count). The lowest BCUT2D eigenvalue weighted by Gasteiger charge is -2.34.